The summed E-state index contributed by atoms with van der Waals surface area (Å²) in [5.74, 6) is -1.24. The predicted octanol–water partition coefficient (Wildman–Crippen LogP) is 4.92. The van der Waals surface area contributed by atoms with E-state index in [1.54, 1.807) is 12.1 Å². The van der Waals surface area contributed by atoms with Crippen molar-refractivity contribution in [1.82, 2.24) is 0 Å². The monoisotopic (exact) mass is 363 g/mol. The van der Waals surface area contributed by atoms with Crippen LogP contribution in [0.1, 0.15) is 11.1 Å². The van der Waals surface area contributed by atoms with E-state index in [-0.39, 0.29) is 18.0 Å². The Kier molecular flexibility index (Phi) is 4.41. The largest absolute Gasteiger partial charge is 0.507 e. The van der Waals surface area contributed by atoms with Gasteiger partial charge < -0.3 is 10.4 Å². The van der Waals surface area contributed by atoms with E-state index in [4.69, 9.17) is 0 Å². The van der Waals surface area contributed by atoms with Crippen LogP contribution < -0.4 is 5.32 Å². The van der Waals surface area contributed by atoms with E-state index < -0.39 is 17.6 Å². The van der Waals surface area contributed by atoms with Crippen molar-refractivity contribution < 1.29 is 22.7 Å². The molecular weight excluding hydrogens is 354 g/mol. The molecule has 112 valence electrons. The SMILES string of the molecule is Oc1ccc(CNc2ccc(F)c(C(F)(F)F)c2)cc1Br. The first kappa shape index (κ1) is 15.6. The minimum Gasteiger partial charge on any atom is -0.507 e. The van der Waals surface area contributed by atoms with Crippen LogP contribution in [0.2, 0.25) is 0 Å². The summed E-state index contributed by atoms with van der Waals surface area (Å²) >= 11 is 3.14. The third kappa shape index (κ3) is 3.87. The molecule has 0 atom stereocenters. The van der Waals surface area contributed by atoms with Crippen molar-refractivity contribution >= 4 is 21.6 Å². The standard InChI is InChI=1S/C14H10BrF4NO/c15-11-5-8(1-4-13(11)21)7-20-9-2-3-12(16)10(6-9)14(17,18)19/h1-6,20-21H,7H2. The zero-order valence-corrected chi connectivity index (χ0v) is 12.1. The van der Waals surface area contributed by atoms with Crippen LogP contribution in [0, 0.1) is 5.82 Å². The van der Waals surface area contributed by atoms with Gasteiger partial charge >= 0.3 is 6.18 Å². The second-order valence-electron chi connectivity index (χ2n) is 4.33. The van der Waals surface area contributed by atoms with E-state index in [9.17, 15) is 22.7 Å². The Morgan fingerprint density at radius 2 is 1.81 bits per heavy atom. The van der Waals surface area contributed by atoms with Gasteiger partial charge in [-0.2, -0.15) is 13.2 Å². The van der Waals surface area contributed by atoms with Gasteiger partial charge in [0.05, 0.1) is 10.0 Å². The van der Waals surface area contributed by atoms with Crippen LogP contribution in [0.5, 0.6) is 5.75 Å². The van der Waals surface area contributed by atoms with E-state index in [0.29, 0.717) is 4.47 Å². The first-order valence-electron chi connectivity index (χ1n) is 5.85. The highest BCUT2D eigenvalue weighted by atomic mass is 79.9. The second-order valence-corrected chi connectivity index (χ2v) is 5.19. The topological polar surface area (TPSA) is 32.3 Å². The van der Waals surface area contributed by atoms with Crippen molar-refractivity contribution in [2.75, 3.05) is 5.32 Å². The number of anilines is 1. The molecule has 21 heavy (non-hydrogen) atoms. The summed E-state index contributed by atoms with van der Waals surface area (Å²) in [5, 5.41) is 12.1. The van der Waals surface area contributed by atoms with E-state index in [2.05, 4.69) is 21.2 Å². The van der Waals surface area contributed by atoms with Crippen LogP contribution in [0.3, 0.4) is 0 Å². The van der Waals surface area contributed by atoms with Gasteiger partial charge in [0.25, 0.3) is 0 Å². The van der Waals surface area contributed by atoms with Crippen molar-refractivity contribution in [2.45, 2.75) is 12.7 Å². The van der Waals surface area contributed by atoms with Crippen molar-refractivity contribution in [3.8, 4) is 5.75 Å². The highest BCUT2D eigenvalue weighted by molar-refractivity contribution is 9.10. The molecule has 0 spiro atoms. The molecule has 0 fully saturated rings. The average Bonchev–Trinajstić information content (AvgIpc) is 2.40. The molecule has 0 unspecified atom stereocenters. The highest BCUT2D eigenvalue weighted by Crippen LogP contribution is 2.33. The summed E-state index contributed by atoms with van der Waals surface area (Å²) in [6.07, 6.45) is -4.73. The molecule has 0 saturated carbocycles. The van der Waals surface area contributed by atoms with Crippen LogP contribution in [0.25, 0.3) is 0 Å². The van der Waals surface area contributed by atoms with Gasteiger partial charge in [0.2, 0.25) is 0 Å². The van der Waals surface area contributed by atoms with E-state index in [1.807, 2.05) is 0 Å². The molecule has 2 aromatic carbocycles. The van der Waals surface area contributed by atoms with Crippen molar-refractivity contribution in [1.29, 1.82) is 0 Å². The lowest BCUT2D eigenvalue weighted by Gasteiger charge is -2.12. The average molecular weight is 364 g/mol. The summed E-state index contributed by atoms with van der Waals surface area (Å²) < 4.78 is 51.4. The first-order chi connectivity index (χ1) is 9.77. The Balaban J connectivity index is 2.15. The minimum atomic E-state index is -4.73. The van der Waals surface area contributed by atoms with Crippen LogP contribution >= 0.6 is 15.9 Å². The smallest absolute Gasteiger partial charge is 0.419 e. The third-order valence-electron chi connectivity index (χ3n) is 2.78. The maximum atomic E-state index is 13.1. The molecule has 2 N–H and O–H groups in total. The molecule has 2 aromatic rings. The summed E-state index contributed by atoms with van der Waals surface area (Å²) in [6, 6.07) is 7.47. The number of benzene rings is 2. The lowest BCUT2D eigenvalue weighted by atomic mass is 10.1. The first-order valence-corrected chi connectivity index (χ1v) is 6.64. The molecule has 0 bridgehead atoms. The van der Waals surface area contributed by atoms with Gasteiger partial charge in [-0.3, -0.25) is 0 Å². The molecule has 0 radical (unpaired) electrons. The number of phenols is 1. The Morgan fingerprint density at radius 3 is 2.43 bits per heavy atom. The second kappa shape index (κ2) is 5.93. The summed E-state index contributed by atoms with van der Waals surface area (Å²) in [5.41, 5.74) is -0.398. The molecule has 7 heteroatoms. The molecule has 0 aliphatic heterocycles. The Hall–Kier alpha value is -1.76. The van der Waals surface area contributed by atoms with Gasteiger partial charge in [-0.05, 0) is 51.8 Å². The maximum Gasteiger partial charge on any atom is 0.419 e. The van der Waals surface area contributed by atoms with Gasteiger partial charge in [0.15, 0.2) is 0 Å². The molecule has 0 aliphatic carbocycles. The highest BCUT2D eigenvalue weighted by Gasteiger charge is 2.34. The van der Waals surface area contributed by atoms with Crippen LogP contribution in [-0.2, 0) is 12.7 Å². The Morgan fingerprint density at radius 1 is 1.10 bits per heavy atom. The number of nitrogens with one attached hydrogen (secondary N) is 1. The van der Waals surface area contributed by atoms with Gasteiger partial charge in [0.1, 0.15) is 11.6 Å². The van der Waals surface area contributed by atoms with Crippen molar-refractivity contribution in [3.63, 3.8) is 0 Å². The molecule has 2 nitrogen and oxygen atoms in total. The molecule has 0 amide bonds. The number of hydrogen-bond acceptors (Lipinski definition) is 2. The summed E-state index contributed by atoms with van der Waals surface area (Å²) in [6.45, 7) is 0.238. The lowest BCUT2D eigenvalue weighted by Crippen LogP contribution is -2.09. The normalized spacial score (nSPS) is 11.5. The minimum absolute atomic E-state index is 0.0693. The fraction of sp³-hybridized carbons (Fsp3) is 0.143. The van der Waals surface area contributed by atoms with Gasteiger partial charge in [0, 0.05) is 12.2 Å². The van der Waals surface area contributed by atoms with E-state index in [0.717, 1.165) is 17.7 Å². The Labute approximate surface area is 126 Å². The van der Waals surface area contributed by atoms with Gasteiger partial charge in [-0.25, -0.2) is 4.39 Å². The zero-order valence-electron chi connectivity index (χ0n) is 10.5. The maximum absolute atomic E-state index is 13.1. The molecule has 0 aromatic heterocycles. The van der Waals surface area contributed by atoms with Gasteiger partial charge in [-0.1, -0.05) is 6.07 Å². The molecule has 0 saturated heterocycles. The van der Waals surface area contributed by atoms with E-state index >= 15 is 0 Å². The van der Waals surface area contributed by atoms with Crippen LogP contribution in [0.4, 0.5) is 23.2 Å². The molecule has 0 heterocycles. The number of alkyl halides is 3. The van der Waals surface area contributed by atoms with E-state index in [1.165, 1.54) is 12.1 Å². The number of aromatic hydroxyl groups is 1. The van der Waals surface area contributed by atoms with Crippen LogP contribution in [0.15, 0.2) is 40.9 Å². The van der Waals surface area contributed by atoms with Crippen molar-refractivity contribution in [2.24, 2.45) is 0 Å². The molecule has 0 aliphatic rings. The number of phenolic OH excluding ortho intramolecular Hbond substituents is 1. The lowest BCUT2D eigenvalue weighted by molar-refractivity contribution is -0.139. The number of rotatable bonds is 3. The predicted molar refractivity (Wildman–Crippen MR) is 74.5 cm³/mol. The zero-order chi connectivity index (χ0) is 15.6. The number of hydrogen-bond donors (Lipinski definition) is 2. The van der Waals surface area contributed by atoms with Crippen LogP contribution in [-0.4, -0.2) is 5.11 Å². The fourth-order valence-electron chi connectivity index (χ4n) is 1.72. The Bertz CT molecular complexity index is 658. The summed E-state index contributed by atoms with van der Waals surface area (Å²) in [7, 11) is 0. The third-order valence-corrected chi connectivity index (χ3v) is 3.42. The molecular formula is C14H10BrF4NO. The fourth-order valence-corrected chi connectivity index (χ4v) is 2.14. The quantitative estimate of drug-likeness (QED) is 0.758. The number of halogens is 5. The summed E-state index contributed by atoms with van der Waals surface area (Å²) in [4.78, 5) is 0. The van der Waals surface area contributed by atoms with Crippen molar-refractivity contribution in [3.05, 3.63) is 57.8 Å². The molecule has 2 rings (SSSR count). The van der Waals surface area contributed by atoms with Gasteiger partial charge in [-0.15, -0.1) is 0 Å².